The van der Waals surface area contributed by atoms with Gasteiger partial charge in [-0.15, -0.1) is 0 Å². The summed E-state index contributed by atoms with van der Waals surface area (Å²) in [6.07, 6.45) is 1.59. The first kappa shape index (κ1) is 18.1. The highest BCUT2D eigenvalue weighted by Crippen LogP contribution is 2.38. The molecule has 4 rings (SSSR count). The third-order valence-electron chi connectivity index (χ3n) is 4.99. The number of ether oxygens (including phenoxy) is 2. The molecule has 1 saturated heterocycles. The fraction of sp³-hybridized carbons (Fsp3) is 0.381. The van der Waals surface area contributed by atoms with Gasteiger partial charge in [-0.25, -0.2) is 0 Å². The number of benzene rings is 2. The number of amides is 1. The Labute approximate surface area is 164 Å². The summed E-state index contributed by atoms with van der Waals surface area (Å²) in [4.78, 5) is 14.0. The van der Waals surface area contributed by atoms with Gasteiger partial charge >= 0.3 is 0 Å². The van der Waals surface area contributed by atoms with Crippen molar-refractivity contribution in [3.8, 4) is 11.5 Å². The molecule has 5 nitrogen and oxygen atoms in total. The largest absolute Gasteiger partial charge is 0.486 e. The fourth-order valence-corrected chi connectivity index (χ4v) is 3.89. The lowest BCUT2D eigenvalue weighted by atomic mass is 10.1. The molecule has 2 heterocycles. The van der Waals surface area contributed by atoms with Gasteiger partial charge in [-0.05, 0) is 29.7 Å². The number of carbonyl (C=O) groups is 1. The molecule has 1 N–H and O–H groups in total. The molecule has 142 valence electrons. The third-order valence-corrected chi connectivity index (χ3v) is 5.27. The van der Waals surface area contributed by atoms with Crippen LogP contribution in [0, 0.1) is 0 Å². The van der Waals surface area contributed by atoms with E-state index in [1.165, 1.54) is 5.56 Å². The zero-order valence-electron chi connectivity index (χ0n) is 15.1. The number of nitrogens with zero attached hydrogens (tertiary/aromatic N) is 1. The van der Waals surface area contributed by atoms with E-state index in [2.05, 4.69) is 17.4 Å². The van der Waals surface area contributed by atoms with Crippen LogP contribution in [0.15, 0.2) is 42.5 Å². The summed E-state index contributed by atoms with van der Waals surface area (Å²) in [6, 6.07) is 14.2. The topological polar surface area (TPSA) is 50.8 Å². The molecule has 0 unspecified atom stereocenters. The quantitative estimate of drug-likeness (QED) is 0.824. The molecule has 1 atom stereocenters. The second kappa shape index (κ2) is 8.19. The monoisotopic (exact) mass is 386 g/mol. The summed E-state index contributed by atoms with van der Waals surface area (Å²) in [7, 11) is 0. The number of hydrogen-bond donors (Lipinski definition) is 1. The molecule has 0 aromatic heterocycles. The van der Waals surface area contributed by atoms with Crippen molar-refractivity contribution >= 4 is 17.5 Å². The van der Waals surface area contributed by atoms with E-state index < -0.39 is 0 Å². The maximum Gasteiger partial charge on any atom is 0.222 e. The summed E-state index contributed by atoms with van der Waals surface area (Å²) in [5, 5.41) is 4.15. The Hall–Kier alpha value is -2.24. The minimum Gasteiger partial charge on any atom is -0.486 e. The van der Waals surface area contributed by atoms with E-state index in [-0.39, 0.29) is 11.9 Å². The number of fused-ring (bicyclic) bond motifs is 1. The SMILES string of the molecule is O=C1CCCN1C[C@@H](NCc1cc(Cl)c2c(c1)OCCO2)c1ccccc1. The van der Waals surface area contributed by atoms with Crippen molar-refractivity contribution in [3.05, 3.63) is 58.6 Å². The fourth-order valence-electron chi connectivity index (χ4n) is 3.60. The van der Waals surface area contributed by atoms with Gasteiger partial charge in [-0.2, -0.15) is 0 Å². The molecule has 0 aliphatic carbocycles. The summed E-state index contributed by atoms with van der Waals surface area (Å²) in [5.41, 5.74) is 2.19. The van der Waals surface area contributed by atoms with E-state index in [0.717, 1.165) is 18.5 Å². The van der Waals surface area contributed by atoms with Gasteiger partial charge in [0.15, 0.2) is 11.5 Å². The van der Waals surface area contributed by atoms with Gasteiger partial charge in [0.1, 0.15) is 13.2 Å². The van der Waals surface area contributed by atoms with E-state index in [0.29, 0.717) is 49.2 Å². The van der Waals surface area contributed by atoms with E-state index >= 15 is 0 Å². The molecule has 0 spiro atoms. The molecule has 27 heavy (non-hydrogen) atoms. The first-order valence-electron chi connectivity index (χ1n) is 9.35. The Balaban J connectivity index is 1.50. The molecule has 0 bridgehead atoms. The van der Waals surface area contributed by atoms with Crippen LogP contribution >= 0.6 is 11.6 Å². The van der Waals surface area contributed by atoms with Gasteiger partial charge in [0.2, 0.25) is 5.91 Å². The molecular weight excluding hydrogens is 364 g/mol. The number of hydrogen-bond acceptors (Lipinski definition) is 4. The van der Waals surface area contributed by atoms with Crippen LogP contribution in [0.25, 0.3) is 0 Å². The number of halogens is 1. The van der Waals surface area contributed by atoms with Crippen molar-refractivity contribution in [1.82, 2.24) is 10.2 Å². The first-order chi connectivity index (χ1) is 13.2. The molecule has 2 aliphatic rings. The summed E-state index contributed by atoms with van der Waals surface area (Å²) < 4.78 is 11.3. The predicted octanol–water partition coefficient (Wildman–Crippen LogP) is 3.56. The highest BCUT2D eigenvalue weighted by molar-refractivity contribution is 6.32. The Morgan fingerprint density at radius 1 is 1.15 bits per heavy atom. The van der Waals surface area contributed by atoms with E-state index in [4.69, 9.17) is 21.1 Å². The van der Waals surface area contributed by atoms with Crippen molar-refractivity contribution in [2.45, 2.75) is 25.4 Å². The van der Waals surface area contributed by atoms with E-state index in [9.17, 15) is 4.79 Å². The molecule has 1 fully saturated rings. The highest BCUT2D eigenvalue weighted by Gasteiger charge is 2.24. The van der Waals surface area contributed by atoms with E-state index in [1.54, 1.807) is 0 Å². The smallest absolute Gasteiger partial charge is 0.222 e. The van der Waals surface area contributed by atoms with Crippen LogP contribution in [0.5, 0.6) is 11.5 Å². The van der Waals surface area contributed by atoms with Gasteiger partial charge in [0, 0.05) is 26.1 Å². The van der Waals surface area contributed by atoms with Crippen LogP contribution < -0.4 is 14.8 Å². The van der Waals surface area contributed by atoms with Crippen molar-refractivity contribution in [3.63, 3.8) is 0 Å². The zero-order valence-corrected chi connectivity index (χ0v) is 15.9. The van der Waals surface area contributed by atoms with Crippen LogP contribution in [-0.4, -0.2) is 37.1 Å². The number of likely N-dealkylation sites (tertiary alicyclic amines) is 1. The van der Waals surface area contributed by atoms with Crippen LogP contribution in [-0.2, 0) is 11.3 Å². The standard InChI is InChI=1S/C21H23ClN2O3/c22-17-11-15(12-19-21(17)27-10-9-26-19)13-23-18(16-5-2-1-3-6-16)14-24-8-4-7-20(24)25/h1-3,5-6,11-12,18,23H,4,7-10,13-14H2/t18-/m1/s1. The summed E-state index contributed by atoms with van der Waals surface area (Å²) in [6.45, 7) is 3.17. The predicted molar refractivity (Wildman–Crippen MR) is 104 cm³/mol. The van der Waals surface area contributed by atoms with Crippen LogP contribution in [0.4, 0.5) is 0 Å². The Bertz CT molecular complexity index is 813. The average Bonchev–Trinajstić information content (AvgIpc) is 3.10. The third kappa shape index (κ3) is 4.20. The molecule has 0 saturated carbocycles. The minimum atomic E-state index is 0.0558. The zero-order chi connectivity index (χ0) is 18.6. The number of rotatable bonds is 6. The van der Waals surface area contributed by atoms with E-state index in [1.807, 2.05) is 35.2 Å². The van der Waals surface area contributed by atoms with Gasteiger partial charge in [0.05, 0.1) is 11.1 Å². The molecule has 2 aliphatic heterocycles. The molecule has 6 heteroatoms. The molecular formula is C21H23ClN2O3. The second-order valence-electron chi connectivity index (χ2n) is 6.89. The summed E-state index contributed by atoms with van der Waals surface area (Å²) >= 11 is 6.35. The Morgan fingerprint density at radius 2 is 1.96 bits per heavy atom. The average molecular weight is 387 g/mol. The number of carbonyl (C=O) groups excluding carboxylic acids is 1. The van der Waals surface area contributed by atoms with Crippen molar-refractivity contribution in [2.75, 3.05) is 26.3 Å². The second-order valence-corrected chi connectivity index (χ2v) is 7.30. The first-order valence-corrected chi connectivity index (χ1v) is 9.72. The van der Waals surface area contributed by atoms with Crippen LogP contribution in [0.2, 0.25) is 5.02 Å². The lowest BCUT2D eigenvalue weighted by Crippen LogP contribution is -2.35. The van der Waals surface area contributed by atoms with Crippen LogP contribution in [0.3, 0.4) is 0 Å². The van der Waals surface area contributed by atoms with Crippen molar-refractivity contribution in [1.29, 1.82) is 0 Å². The maximum absolute atomic E-state index is 12.1. The number of nitrogens with one attached hydrogen (secondary N) is 1. The molecule has 1 amide bonds. The lowest BCUT2D eigenvalue weighted by molar-refractivity contribution is -0.128. The van der Waals surface area contributed by atoms with Gasteiger partial charge < -0.3 is 19.7 Å². The molecule has 0 radical (unpaired) electrons. The Kier molecular flexibility index (Phi) is 5.50. The highest BCUT2D eigenvalue weighted by atomic mass is 35.5. The van der Waals surface area contributed by atoms with Gasteiger partial charge in [-0.3, -0.25) is 4.79 Å². The Morgan fingerprint density at radius 3 is 2.74 bits per heavy atom. The van der Waals surface area contributed by atoms with Crippen LogP contribution in [0.1, 0.15) is 30.0 Å². The normalized spacial score (nSPS) is 17.2. The van der Waals surface area contributed by atoms with Gasteiger partial charge in [0.25, 0.3) is 0 Å². The molecule has 2 aromatic carbocycles. The van der Waals surface area contributed by atoms with Crippen molar-refractivity contribution < 1.29 is 14.3 Å². The summed E-state index contributed by atoms with van der Waals surface area (Å²) in [5.74, 6) is 1.55. The maximum atomic E-state index is 12.1. The van der Waals surface area contributed by atoms with Gasteiger partial charge in [-0.1, -0.05) is 41.9 Å². The van der Waals surface area contributed by atoms with Crippen molar-refractivity contribution in [2.24, 2.45) is 0 Å². The minimum absolute atomic E-state index is 0.0558. The molecule has 2 aromatic rings. The lowest BCUT2D eigenvalue weighted by Gasteiger charge is -2.26.